The number of halogens is 1. The SMILES string of the molecule is CC(C)(C)[C@H](N)C(=O)N1CCN(C(=O)c2ccco2)CC1.Cl. The van der Waals surface area contributed by atoms with Crippen LogP contribution in [0.2, 0.25) is 0 Å². The van der Waals surface area contributed by atoms with E-state index < -0.39 is 6.04 Å². The van der Waals surface area contributed by atoms with E-state index >= 15 is 0 Å². The Morgan fingerprint density at radius 1 is 1.18 bits per heavy atom. The van der Waals surface area contributed by atoms with Gasteiger partial charge in [0, 0.05) is 26.2 Å². The van der Waals surface area contributed by atoms with Crippen molar-refractivity contribution in [3.8, 4) is 0 Å². The second-order valence-electron chi connectivity index (χ2n) is 6.44. The van der Waals surface area contributed by atoms with Gasteiger partial charge in [-0.05, 0) is 17.5 Å². The molecule has 6 nitrogen and oxygen atoms in total. The van der Waals surface area contributed by atoms with Crippen LogP contribution in [0.15, 0.2) is 22.8 Å². The van der Waals surface area contributed by atoms with Crippen molar-refractivity contribution in [2.24, 2.45) is 11.1 Å². The minimum Gasteiger partial charge on any atom is -0.459 e. The van der Waals surface area contributed by atoms with E-state index in [1.807, 2.05) is 20.8 Å². The van der Waals surface area contributed by atoms with Gasteiger partial charge in [-0.1, -0.05) is 20.8 Å². The summed E-state index contributed by atoms with van der Waals surface area (Å²) in [5, 5.41) is 0. The number of nitrogens with two attached hydrogens (primary N) is 1. The van der Waals surface area contributed by atoms with Crippen LogP contribution in [0.25, 0.3) is 0 Å². The number of carbonyl (C=O) groups is 2. The number of carbonyl (C=O) groups excluding carboxylic acids is 2. The lowest BCUT2D eigenvalue weighted by Gasteiger charge is -2.37. The van der Waals surface area contributed by atoms with Gasteiger partial charge in [-0.3, -0.25) is 9.59 Å². The van der Waals surface area contributed by atoms with Crippen LogP contribution in [-0.4, -0.2) is 53.8 Å². The molecule has 124 valence electrons. The summed E-state index contributed by atoms with van der Waals surface area (Å²) in [6.45, 7) is 7.87. The summed E-state index contributed by atoms with van der Waals surface area (Å²) in [5.41, 5.74) is 5.74. The number of furan rings is 1. The predicted molar refractivity (Wildman–Crippen MR) is 85.9 cm³/mol. The zero-order valence-corrected chi connectivity index (χ0v) is 14.1. The molecule has 1 atom stereocenters. The van der Waals surface area contributed by atoms with Crippen LogP contribution in [0.3, 0.4) is 0 Å². The summed E-state index contributed by atoms with van der Waals surface area (Å²) >= 11 is 0. The number of nitrogens with zero attached hydrogens (tertiary/aromatic N) is 2. The van der Waals surface area contributed by atoms with E-state index in [-0.39, 0.29) is 29.6 Å². The van der Waals surface area contributed by atoms with Crippen LogP contribution >= 0.6 is 12.4 Å². The Balaban J connectivity index is 0.00000242. The molecular weight excluding hydrogens is 306 g/mol. The van der Waals surface area contributed by atoms with Gasteiger partial charge in [-0.25, -0.2) is 0 Å². The number of rotatable bonds is 2. The maximum absolute atomic E-state index is 12.3. The van der Waals surface area contributed by atoms with E-state index in [4.69, 9.17) is 10.2 Å². The van der Waals surface area contributed by atoms with E-state index in [1.54, 1.807) is 21.9 Å². The number of hydrogen-bond acceptors (Lipinski definition) is 4. The Bertz CT molecular complexity index is 503. The standard InChI is InChI=1S/C15H23N3O3.ClH/c1-15(2,3)12(16)14(20)18-8-6-17(7-9-18)13(19)11-5-4-10-21-11;/h4-5,10,12H,6-9,16H2,1-3H3;1H/t12-;/m1./s1. The van der Waals surface area contributed by atoms with Gasteiger partial charge in [-0.2, -0.15) is 0 Å². The van der Waals surface area contributed by atoms with Crippen molar-refractivity contribution >= 4 is 24.2 Å². The Morgan fingerprint density at radius 2 is 1.73 bits per heavy atom. The van der Waals surface area contributed by atoms with Crippen molar-refractivity contribution in [3.63, 3.8) is 0 Å². The van der Waals surface area contributed by atoms with E-state index in [2.05, 4.69) is 0 Å². The Morgan fingerprint density at radius 3 is 2.18 bits per heavy atom. The molecule has 0 aliphatic carbocycles. The summed E-state index contributed by atoms with van der Waals surface area (Å²) in [4.78, 5) is 27.9. The quantitative estimate of drug-likeness (QED) is 0.888. The fourth-order valence-electron chi connectivity index (χ4n) is 2.25. The summed E-state index contributed by atoms with van der Waals surface area (Å²) in [5.74, 6) is 0.154. The lowest BCUT2D eigenvalue weighted by atomic mass is 9.86. The third kappa shape index (κ3) is 4.01. The van der Waals surface area contributed by atoms with Crippen molar-refractivity contribution in [1.82, 2.24) is 9.80 Å². The molecule has 0 aromatic carbocycles. The normalized spacial score (nSPS) is 16.9. The average Bonchev–Trinajstić information content (AvgIpc) is 2.98. The molecule has 0 spiro atoms. The Kier molecular flexibility index (Phi) is 6.02. The van der Waals surface area contributed by atoms with Crippen LogP contribution < -0.4 is 5.73 Å². The Labute approximate surface area is 137 Å². The molecule has 2 rings (SSSR count). The molecule has 0 saturated carbocycles. The second kappa shape index (κ2) is 7.15. The van der Waals surface area contributed by atoms with Crippen molar-refractivity contribution < 1.29 is 14.0 Å². The number of amides is 2. The highest BCUT2D eigenvalue weighted by atomic mass is 35.5. The largest absolute Gasteiger partial charge is 0.459 e. The highest BCUT2D eigenvalue weighted by Gasteiger charge is 2.33. The fraction of sp³-hybridized carbons (Fsp3) is 0.600. The molecule has 1 aromatic rings. The average molecular weight is 330 g/mol. The van der Waals surface area contributed by atoms with E-state index in [9.17, 15) is 9.59 Å². The molecule has 0 radical (unpaired) electrons. The molecule has 1 fully saturated rings. The Hall–Kier alpha value is -1.53. The van der Waals surface area contributed by atoms with Gasteiger partial charge in [0.2, 0.25) is 5.91 Å². The van der Waals surface area contributed by atoms with Crippen LogP contribution in [0, 0.1) is 5.41 Å². The van der Waals surface area contributed by atoms with Gasteiger partial charge in [0.25, 0.3) is 5.91 Å². The molecule has 7 heteroatoms. The molecule has 1 aromatic heterocycles. The van der Waals surface area contributed by atoms with Crippen molar-refractivity contribution in [2.75, 3.05) is 26.2 Å². The highest BCUT2D eigenvalue weighted by molar-refractivity contribution is 5.91. The third-order valence-electron chi connectivity index (χ3n) is 3.81. The van der Waals surface area contributed by atoms with Crippen LogP contribution in [0.5, 0.6) is 0 Å². The number of piperazine rings is 1. The molecule has 1 aliphatic rings. The zero-order valence-electron chi connectivity index (χ0n) is 13.2. The van der Waals surface area contributed by atoms with Gasteiger partial charge in [-0.15, -0.1) is 12.4 Å². The molecular formula is C15H24ClN3O3. The van der Waals surface area contributed by atoms with Gasteiger partial charge in [0.15, 0.2) is 5.76 Å². The zero-order chi connectivity index (χ0) is 15.6. The molecule has 2 amide bonds. The molecule has 1 aliphatic heterocycles. The third-order valence-corrected chi connectivity index (χ3v) is 3.81. The first-order valence-corrected chi connectivity index (χ1v) is 7.18. The highest BCUT2D eigenvalue weighted by Crippen LogP contribution is 2.20. The topological polar surface area (TPSA) is 79.8 Å². The van der Waals surface area contributed by atoms with Crippen LogP contribution in [0.4, 0.5) is 0 Å². The maximum atomic E-state index is 12.3. The minimum absolute atomic E-state index is 0. The van der Waals surface area contributed by atoms with Gasteiger partial charge in [0.1, 0.15) is 0 Å². The van der Waals surface area contributed by atoms with Crippen molar-refractivity contribution in [2.45, 2.75) is 26.8 Å². The predicted octanol–water partition coefficient (Wildman–Crippen LogP) is 1.36. The first kappa shape index (κ1) is 18.5. The van der Waals surface area contributed by atoms with Gasteiger partial charge < -0.3 is 20.0 Å². The molecule has 2 N–H and O–H groups in total. The lowest BCUT2D eigenvalue weighted by molar-refractivity contribution is -0.136. The molecule has 22 heavy (non-hydrogen) atoms. The summed E-state index contributed by atoms with van der Waals surface area (Å²) in [7, 11) is 0. The van der Waals surface area contributed by atoms with Gasteiger partial charge in [0.05, 0.1) is 12.3 Å². The van der Waals surface area contributed by atoms with Crippen LogP contribution in [-0.2, 0) is 4.79 Å². The molecule has 0 unspecified atom stereocenters. The monoisotopic (exact) mass is 329 g/mol. The first-order chi connectivity index (χ1) is 9.80. The maximum Gasteiger partial charge on any atom is 0.289 e. The summed E-state index contributed by atoms with van der Waals surface area (Å²) in [6.07, 6.45) is 1.48. The first-order valence-electron chi connectivity index (χ1n) is 7.18. The lowest BCUT2D eigenvalue weighted by Crippen LogP contribution is -2.56. The summed E-state index contributed by atoms with van der Waals surface area (Å²) in [6, 6.07) is 2.81. The minimum atomic E-state index is -0.523. The van der Waals surface area contributed by atoms with Crippen molar-refractivity contribution in [1.29, 1.82) is 0 Å². The second-order valence-corrected chi connectivity index (χ2v) is 6.44. The molecule has 1 saturated heterocycles. The summed E-state index contributed by atoms with van der Waals surface area (Å²) < 4.78 is 5.11. The van der Waals surface area contributed by atoms with E-state index in [0.717, 1.165) is 0 Å². The number of hydrogen-bond donors (Lipinski definition) is 1. The van der Waals surface area contributed by atoms with Gasteiger partial charge >= 0.3 is 0 Å². The van der Waals surface area contributed by atoms with Crippen LogP contribution in [0.1, 0.15) is 31.3 Å². The smallest absolute Gasteiger partial charge is 0.289 e. The van der Waals surface area contributed by atoms with E-state index in [0.29, 0.717) is 31.9 Å². The molecule has 2 heterocycles. The fourth-order valence-corrected chi connectivity index (χ4v) is 2.25. The van der Waals surface area contributed by atoms with E-state index in [1.165, 1.54) is 6.26 Å². The molecule has 0 bridgehead atoms. The van der Waals surface area contributed by atoms with Crippen molar-refractivity contribution in [3.05, 3.63) is 24.2 Å².